The molecule has 1 fully saturated rings. The molecule has 0 saturated carbocycles. The van der Waals surface area contributed by atoms with Crippen LogP contribution in [0.2, 0.25) is 0 Å². The van der Waals surface area contributed by atoms with Crippen molar-refractivity contribution in [3.8, 4) is 0 Å². The monoisotopic (exact) mass is 1100 g/mol. The Morgan fingerprint density at radius 1 is 0.462 bits per heavy atom. The highest BCUT2D eigenvalue weighted by Gasteiger charge is 2.26. The number of rotatable bonds is 30. The van der Waals surface area contributed by atoms with Crippen LogP contribution in [-0.4, -0.2) is 246 Å². The standard InChI is InChI=1S/C51H77N9O18/c61-42(54-41(31-36-12-13-37-8-3-4-9-38(37)30-36)48(71)53-17-7-5-10-39(49(72)73)55-51(76)56-40(50(74)75)14-15-44(63)64)11-2-1-6-16-52-43(62)32-57-18-19-58(33-45(65)66)23-28-78-29-25-60(35-47(69)70)21-20-59(34-46(67)68)24-27-77-26-22-57/h3-4,8-9,12-13,30,39-41H,1-2,5-7,10-11,14-29,31-35H2,(H,52,62)(H,53,71)(H,54,61)(H,63,64)(H,65,66)(H,67,68)(H,69,70)(H,72,73)(H,74,75)(H2,55,56,76)/t39-,40-,41-/m0/s1. The summed E-state index contributed by atoms with van der Waals surface area (Å²) < 4.78 is 11.6. The molecule has 0 radical (unpaired) electrons. The second-order valence-electron chi connectivity index (χ2n) is 18.8. The topological polar surface area (TPSA) is 384 Å². The quantitative estimate of drug-likeness (QED) is 0.0436. The van der Waals surface area contributed by atoms with Gasteiger partial charge in [0, 0.05) is 84.7 Å². The summed E-state index contributed by atoms with van der Waals surface area (Å²) in [5, 5.41) is 71.0. The zero-order valence-electron chi connectivity index (χ0n) is 43.9. The molecule has 1 heterocycles. The van der Waals surface area contributed by atoms with Gasteiger partial charge in [-0.1, -0.05) is 48.9 Å². The number of unbranched alkanes of at least 4 members (excludes halogenated alkanes) is 3. The van der Waals surface area contributed by atoms with E-state index in [4.69, 9.17) is 14.6 Å². The van der Waals surface area contributed by atoms with Gasteiger partial charge < -0.3 is 66.7 Å². The van der Waals surface area contributed by atoms with E-state index >= 15 is 0 Å². The number of nitrogens with zero attached hydrogens (tertiary/aromatic N) is 4. The average Bonchev–Trinajstić information content (AvgIpc) is 3.37. The fourth-order valence-corrected chi connectivity index (χ4v) is 8.30. The Kier molecular flexibility index (Phi) is 30.9. The number of benzene rings is 2. The van der Waals surface area contributed by atoms with Crippen LogP contribution in [-0.2, 0) is 59.0 Å². The molecule has 0 unspecified atom stereocenters. The molecule has 0 bridgehead atoms. The number of carbonyl (C=O) groups is 10. The lowest BCUT2D eigenvalue weighted by Gasteiger charge is -2.28. The third-order valence-corrected chi connectivity index (χ3v) is 12.5. The number of ether oxygens (including phenoxy) is 2. The van der Waals surface area contributed by atoms with E-state index in [-0.39, 0.29) is 142 Å². The molecule has 1 aliphatic rings. The lowest BCUT2D eigenvalue weighted by atomic mass is 10.0. The van der Waals surface area contributed by atoms with Crippen molar-refractivity contribution < 1.29 is 88.1 Å². The van der Waals surface area contributed by atoms with E-state index in [9.17, 15) is 73.5 Å². The molecule has 78 heavy (non-hydrogen) atoms. The van der Waals surface area contributed by atoms with Gasteiger partial charge in [0.2, 0.25) is 17.7 Å². The maximum atomic E-state index is 13.6. The normalized spacial score (nSPS) is 16.3. The van der Waals surface area contributed by atoms with E-state index in [2.05, 4.69) is 26.6 Å². The molecule has 0 aromatic heterocycles. The number of aliphatic carboxylic acids is 6. The van der Waals surface area contributed by atoms with Gasteiger partial charge in [0.05, 0.1) is 52.6 Å². The van der Waals surface area contributed by atoms with Gasteiger partial charge in [-0.15, -0.1) is 0 Å². The smallest absolute Gasteiger partial charge is 0.326 e. The summed E-state index contributed by atoms with van der Waals surface area (Å²) in [6, 6.07) is 8.35. The summed E-state index contributed by atoms with van der Waals surface area (Å²) in [6.45, 7) is 2.47. The second kappa shape index (κ2) is 36.9. The molecular formula is C51H77N9O18. The predicted octanol–water partition coefficient (Wildman–Crippen LogP) is -0.591. The van der Waals surface area contributed by atoms with Gasteiger partial charge in [-0.3, -0.25) is 53.2 Å². The first kappa shape index (κ1) is 65.2. The first-order valence-electron chi connectivity index (χ1n) is 26.0. The van der Waals surface area contributed by atoms with Crippen molar-refractivity contribution >= 4 is 70.3 Å². The van der Waals surface area contributed by atoms with Crippen molar-refractivity contribution in [1.29, 1.82) is 0 Å². The molecule has 434 valence electrons. The molecule has 3 atom stereocenters. The van der Waals surface area contributed by atoms with Gasteiger partial charge in [-0.25, -0.2) is 14.4 Å². The van der Waals surface area contributed by atoms with Gasteiger partial charge in [-0.05, 0) is 54.9 Å². The van der Waals surface area contributed by atoms with E-state index in [0.717, 1.165) is 16.3 Å². The number of urea groups is 1. The van der Waals surface area contributed by atoms with Crippen LogP contribution in [0.15, 0.2) is 42.5 Å². The average molecular weight is 1100 g/mol. The number of hydrogen-bond donors (Lipinski definition) is 11. The predicted molar refractivity (Wildman–Crippen MR) is 280 cm³/mol. The Morgan fingerprint density at radius 2 is 0.949 bits per heavy atom. The molecule has 27 heteroatoms. The fourth-order valence-electron chi connectivity index (χ4n) is 8.30. The summed E-state index contributed by atoms with van der Waals surface area (Å²) in [7, 11) is 0. The van der Waals surface area contributed by atoms with Crippen molar-refractivity contribution in [1.82, 2.24) is 46.2 Å². The van der Waals surface area contributed by atoms with E-state index in [1.807, 2.05) is 47.4 Å². The van der Waals surface area contributed by atoms with Crippen LogP contribution in [0.5, 0.6) is 0 Å². The molecular weight excluding hydrogens is 1030 g/mol. The van der Waals surface area contributed by atoms with Crippen LogP contribution in [0.3, 0.4) is 0 Å². The highest BCUT2D eigenvalue weighted by Crippen LogP contribution is 2.17. The van der Waals surface area contributed by atoms with Gasteiger partial charge in [0.15, 0.2) is 0 Å². The van der Waals surface area contributed by atoms with Gasteiger partial charge in [0.1, 0.15) is 18.1 Å². The molecule has 1 saturated heterocycles. The number of hydrogen-bond acceptors (Lipinski definition) is 16. The summed E-state index contributed by atoms with van der Waals surface area (Å²) in [5.41, 5.74) is 0.791. The molecule has 3 rings (SSSR count). The third kappa shape index (κ3) is 28.9. The number of amides is 5. The van der Waals surface area contributed by atoms with Crippen molar-refractivity contribution in [2.45, 2.75) is 82.3 Å². The van der Waals surface area contributed by atoms with E-state index < -0.39 is 78.7 Å². The zero-order valence-corrected chi connectivity index (χ0v) is 43.9. The highest BCUT2D eigenvalue weighted by atomic mass is 16.5. The van der Waals surface area contributed by atoms with Gasteiger partial charge in [0.25, 0.3) is 0 Å². The van der Waals surface area contributed by atoms with E-state index in [1.54, 1.807) is 14.7 Å². The lowest BCUT2D eigenvalue weighted by Crippen LogP contribution is -2.51. The Balaban J connectivity index is 1.51. The maximum Gasteiger partial charge on any atom is 0.326 e. The lowest BCUT2D eigenvalue weighted by molar-refractivity contribution is -0.141. The minimum Gasteiger partial charge on any atom is -0.481 e. The number of carboxylic acids is 6. The first-order chi connectivity index (χ1) is 37.3. The molecule has 0 aliphatic carbocycles. The van der Waals surface area contributed by atoms with Crippen LogP contribution in [0.4, 0.5) is 4.79 Å². The number of fused-ring (bicyclic) bond motifs is 1. The highest BCUT2D eigenvalue weighted by molar-refractivity contribution is 5.89. The Hall–Kier alpha value is -7.04. The Bertz CT molecular complexity index is 2270. The molecule has 2 aromatic carbocycles. The fraction of sp³-hybridized carbons (Fsp3) is 0.608. The summed E-state index contributed by atoms with van der Waals surface area (Å²) in [4.78, 5) is 128. The number of carboxylic acid groups (broad SMARTS) is 6. The molecule has 2 aromatic rings. The summed E-state index contributed by atoms with van der Waals surface area (Å²) in [6.07, 6.45) is 1.27. The van der Waals surface area contributed by atoms with E-state index in [0.29, 0.717) is 38.9 Å². The Morgan fingerprint density at radius 3 is 1.46 bits per heavy atom. The zero-order chi connectivity index (χ0) is 57.2. The van der Waals surface area contributed by atoms with Crippen LogP contribution >= 0.6 is 0 Å². The minimum atomic E-state index is -1.55. The molecule has 11 N–H and O–H groups in total. The van der Waals surface area contributed by atoms with Gasteiger partial charge in [-0.2, -0.15) is 0 Å². The summed E-state index contributed by atoms with van der Waals surface area (Å²) >= 11 is 0. The maximum absolute atomic E-state index is 13.6. The molecule has 27 nitrogen and oxygen atoms in total. The van der Waals surface area contributed by atoms with Crippen LogP contribution in [0, 0.1) is 0 Å². The molecule has 1 aliphatic heterocycles. The Labute approximate surface area is 451 Å². The van der Waals surface area contributed by atoms with Crippen molar-refractivity contribution in [3.05, 3.63) is 48.0 Å². The van der Waals surface area contributed by atoms with Crippen LogP contribution in [0.25, 0.3) is 10.8 Å². The third-order valence-electron chi connectivity index (χ3n) is 12.5. The largest absolute Gasteiger partial charge is 0.481 e. The van der Waals surface area contributed by atoms with E-state index in [1.165, 1.54) is 0 Å². The number of carbonyl (C=O) groups excluding carboxylic acids is 4. The summed E-state index contributed by atoms with van der Waals surface area (Å²) in [5.74, 6) is -8.40. The van der Waals surface area contributed by atoms with Crippen LogP contribution in [0.1, 0.15) is 63.4 Å². The van der Waals surface area contributed by atoms with Crippen LogP contribution < -0.4 is 26.6 Å². The number of nitrogens with one attached hydrogen (secondary N) is 5. The van der Waals surface area contributed by atoms with Crippen molar-refractivity contribution in [3.63, 3.8) is 0 Å². The van der Waals surface area contributed by atoms with Crippen molar-refractivity contribution in [2.75, 3.05) is 118 Å². The molecule has 0 spiro atoms. The van der Waals surface area contributed by atoms with Crippen molar-refractivity contribution in [2.24, 2.45) is 0 Å². The minimum absolute atomic E-state index is 0.0253. The molecule has 5 amide bonds. The SMILES string of the molecule is O=C(O)CC[C@H](NC(=O)N[C@@H](CCCCNC(=O)[C@H](Cc1ccc2ccccc2c1)NC(=O)CCCCCNC(=O)CN1CCOCCN(CC(=O)O)CCN(CC(=O)O)CCOCCN(CC(=O)O)CC1)C(=O)O)C(=O)O. The second-order valence-corrected chi connectivity index (χ2v) is 18.8. The van der Waals surface area contributed by atoms with Gasteiger partial charge >= 0.3 is 41.8 Å². The first-order valence-corrected chi connectivity index (χ1v) is 26.0.